The number of aryl methyl sites for hydroxylation is 1. The number of nitrogens with one attached hydrogen (secondary N) is 1. The number of likely N-dealkylation sites (N-methyl/N-ethyl adjacent to an activating group) is 1. The lowest BCUT2D eigenvalue weighted by atomic mass is 10.1. The van der Waals surface area contributed by atoms with Gasteiger partial charge in [-0.15, -0.1) is 0 Å². The number of benzene rings is 1. The predicted molar refractivity (Wildman–Crippen MR) is 83.3 cm³/mol. The summed E-state index contributed by atoms with van der Waals surface area (Å²) in [7, 11) is -1.49. The van der Waals surface area contributed by atoms with Crippen molar-refractivity contribution in [3.8, 4) is 11.8 Å². The van der Waals surface area contributed by atoms with Gasteiger partial charge in [0.1, 0.15) is 0 Å². The second-order valence-electron chi connectivity index (χ2n) is 5.35. The third-order valence-electron chi connectivity index (χ3n) is 3.55. The van der Waals surface area contributed by atoms with E-state index in [0.717, 1.165) is 30.6 Å². The van der Waals surface area contributed by atoms with Crippen molar-refractivity contribution in [1.29, 1.82) is 0 Å². The van der Waals surface area contributed by atoms with E-state index < -0.39 is 10.0 Å². The van der Waals surface area contributed by atoms with Crippen LogP contribution in [0.3, 0.4) is 0 Å². The zero-order valence-electron chi connectivity index (χ0n) is 12.4. The van der Waals surface area contributed by atoms with Crippen LogP contribution in [0.4, 0.5) is 0 Å². The number of likely N-dealkylation sites (tertiary alicyclic amines) is 1. The Kier molecular flexibility index (Phi) is 5.01. The van der Waals surface area contributed by atoms with Gasteiger partial charge in [-0.2, -0.15) is 0 Å². The van der Waals surface area contributed by atoms with E-state index in [1.165, 1.54) is 0 Å². The number of hydrogen-bond acceptors (Lipinski definition) is 4. The molecule has 0 amide bonds. The quantitative estimate of drug-likeness (QED) is 0.787. The normalized spacial score (nSPS) is 19.3. The van der Waals surface area contributed by atoms with Crippen molar-refractivity contribution in [2.45, 2.75) is 24.3 Å². The maximum atomic E-state index is 12.4. The molecule has 0 saturated carbocycles. The first kappa shape index (κ1) is 16.0. The molecule has 1 fully saturated rings. The summed E-state index contributed by atoms with van der Waals surface area (Å²) < 4.78 is 27.5. The summed E-state index contributed by atoms with van der Waals surface area (Å²) in [5.74, 6) is 5.71. The molecule has 21 heavy (non-hydrogen) atoms. The van der Waals surface area contributed by atoms with Crippen molar-refractivity contribution in [3.05, 3.63) is 29.3 Å². The Bertz CT molecular complexity index is 674. The maximum absolute atomic E-state index is 12.4. The third kappa shape index (κ3) is 4.05. The highest BCUT2D eigenvalue weighted by atomic mass is 32.2. The molecule has 1 aliphatic rings. The van der Waals surface area contributed by atoms with Gasteiger partial charge in [-0.05, 0) is 50.7 Å². The Morgan fingerprint density at radius 1 is 1.48 bits per heavy atom. The molecule has 2 rings (SSSR count). The van der Waals surface area contributed by atoms with Gasteiger partial charge in [-0.1, -0.05) is 11.8 Å². The van der Waals surface area contributed by atoms with Gasteiger partial charge in [0.05, 0.1) is 11.4 Å². The molecule has 5 nitrogen and oxygen atoms in total. The van der Waals surface area contributed by atoms with Crippen LogP contribution in [0.1, 0.15) is 17.5 Å². The zero-order chi connectivity index (χ0) is 15.5. The zero-order valence-corrected chi connectivity index (χ0v) is 13.2. The van der Waals surface area contributed by atoms with E-state index in [4.69, 9.17) is 5.73 Å². The summed E-state index contributed by atoms with van der Waals surface area (Å²) in [6, 6.07) is 4.96. The molecule has 1 atom stereocenters. The van der Waals surface area contributed by atoms with Gasteiger partial charge in [0, 0.05) is 18.2 Å². The van der Waals surface area contributed by atoms with Gasteiger partial charge in [-0.25, -0.2) is 13.1 Å². The predicted octanol–water partition coefficient (Wildman–Crippen LogP) is 0.288. The van der Waals surface area contributed by atoms with Crippen LogP contribution in [-0.4, -0.2) is 46.0 Å². The van der Waals surface area contributed by atoms with Gasteiger partial charge in [0.25, 0.3) is 0 Å². The Balaban J connectivity index is 2.18. The van der Waals surface area contributed by atoms with Gasteiger partial charge in [-0.3, -0.25) is 0 Å². The monoisotopic (exact) mass is 307 g/mol. The minimum atomic E-state index is -3.48. The smallest absolute Gasteiger partial charge is 0.240 e. The molecule has 1 aromatic carbocycles. The van der Waals surface area contributed by atoms with Crippen molar-refractivity contribution in [2.75, 3.05) is 26.7 Å². The lowest BCUT2D eigenvalue weighted by molar-refractivity contribution is 0.407. The molecule has 0 radical (unpaired) electrons. The summed E-state index contributed by atoms with van der Waals surface area (Å²) in [4.78, 5) is 2.40. The molecule has 1 aromatic rings. The number of rotatable bonds is 3. The largest absolute Gasteiger partial charge is 0.320 e. The van der Waals surface area contributed by atoms with E-state index in [9.17, 15) is 8.42 Å². The maximum Gasteiger partial charge on any atom is 0.240 e. The van der Waals surface area contributed by atoms with Crippen molar-refractivity contribution in [3.63, 3.8) is 0 Å². The fraction of sp³-hybridized carbons (Fsp3) is 0.467. The highest BCUT2D eigenvalue weighted by molar-refractivity contribution is 7.89. The summed E-state index contributed by atoms with van der Waals surface area (Å²) >= 11 is 0. The number of sulfonamides is 1. The van der Waals surface area contributed by atoms with Crippen LogP contribution in [0.2, 0.25) is 0 Å². The Morgan fingerprint density at radius 3 is 2.81 bits per heavy atom. The van der Waals surface area contributed by atoms with Crippen molar-refractivity contribution in [2.24, 2.45) is 5.73 Å². The molecule has 1 heterocycles. The van der Waals surface area contributed by atoms with Crippen LogP contribution in [-0.2, 0) is 10.0 Å². The average Bonchev–Trinajstić information content (AvgIpc) is 2.82. The molecule has 114 valence electrons. The van der Waals surface area contributed by atoms with Gasteiger partial charge in [0.2, 0.25) is 10.0 Å². The average molecular weight is 307 g/mol. The minimum absolute atomic E-state index is 0.0167. The molecule has 6 heteroatoms. The molecule has 1 saturated heterocycles. The fourth-order valence-electron chi connectivity index (χ4n) is 2.41. The molecule has 3 N–H and O–H groups in total. The lowest BCUT2D eigenvalue weighted by Crippen LogP contribution is -2.36. The number of nitrogens with zero attached hydrogens (tertiary/aromatic N) is 1. The van der Waals surface area contributed by atoms with Crippen molar-refractivity contribution < 1.29 is 8.42 Å². The second-order valence-corrected chi connectivity index (χ2v) is 7.07. The first-order valence-electron chi connectivity index (χ1n) is 6.93. The fourth-order valence-corrected chi connectivity index (χ4v) is 3.75. The minimum Gasteiger partial charge on any atom is -0.320 e. The van der Waals surface area contributed by atoms with E-state index in [0.29, 0.717) is 0 Å². The first-order chi connectivity index (χ1) is 9.92. The molecule has 0 aromatic heterocycles. The van der Waals surface area contributed by atoms with Gasteiger partial charge in [0.15, 0.2) is 0 Å². The van der Waals surface area contributed by atoms with Crippen LogP contribution < -0.4 is 10.5 Å². The van der Waals surface area contributed by atoms with Crippen molar-refractivity contribution in [1.82, 2.24) is 9.62 Å². The van der Waals surface area contributed by atoms with E-state index in [2.05, 4.69) is 21.5 Å². The van der Waals surface area contributed by atoms with Gasteiger partial charge < -0.3 is 10.6 Å². The van der Waals surface area contributed by atoms with Crippen LogP contribution in [0.25, 0.3) is 0 Å². The molecule has 1 aliphatic heterocycles. The molecule has 0 aliphatic carbocycles. The summed E-state index contributed by atoms with van der Waals surface area (Å²) in [5.41, 5.74) is 6.99. The van der Waals surface area contributed by atoms with Gasteiger partial charge >= 0.3 is 0 Å². The number of nitrogens with two attached hydrogens (primary N) is 1. The highest BCUT2D eigenvalue weighted by Crippen LogP contribution is 2.17. The Labute approximate surface area is 126 Å². The summed E-state index contributed by atoms with van der Waals surface area (Å²) in [5, 5.41) is 0. The van der Waals surface area contributed by atoms with Crippen LogP contribution in [0, 0.1) is 18.8 Å². The topological polar surface area (TPSA) is 75.4 Å². The van der Waals surface area contributed by atoms with Crippen LogP contribution in [0.5, 0.6) is 0 Å². The Morgan fingerprint density at radius 2 is 2.24 bits per heavy atom. The molecular formula is C15H21N3O2S. The van der Waals surface area contributed by atoms with Crippen molar-refractivity contribution >= 4 is 10.0 Å². The van der Waals surface area contributed by atoms with Crippen LogP contribution >= 0.6 is 0 Å². The molecular weight excluding hydrogens is 286 g/mol. The summed E-state index contributed by atoms with van der Waals surface area (Å²) in [6.07, 6.45) is 0.842. The van der Waals surface area contributed by atoms with E-state index in [1.807, 2.05) is 14.0 Å². The lowest BCUT2D eigenvalue weighted by Gasteiger charge is -2.14. The standard InChI is InChI=1S/C15H21N3O2S/c1-12-10-15(6-5-13(12)4-3-8-16)21(19,20)17-14-7-9-18(2)11-14/h5-6,10,14,17H,7-9,11,16H2,1-2H3. The second kappa shape index (κ2) is 6.58. The van der Waals surface area contributed by atoms with E-state index in [-0.39, 0.29) is 17.5 Å². The number of hydrogen-bond donors (Lipinski definition) is 2. The summed E-state index contributed by atoms with van der Waals surface area (Å²) in [6.45, 7) is 3.80. The van der Waals surface area contributed by atoms with E-state index >= 15 is 0 Å². The molecule has 0 spiro atoms. The van der Waals surface area contributed by atoms with E-state index in [1.54, 1.807) is 18.2 Å². The Hall–Kier alpha value is -1.39. The highest BCUT2D eigenvalue weighted by Gasteiger charge is 2.25. The molecule has 1 unspecified atom stereocenters. The molecule has 0 bridgehead atoms. The third-order valence-corrected chi connectivity index (χ3v) is 5.06. The van der Waals surface area contributed by atoms with Crippen LogP contribution in [0.15, 0.2) is 23.1 Å². The SMILES string of the molecule is Cc1cc(S(=O)(=O)NC2CCN(C)C2)ccc1C#CCN. The first-order valence-corrected chi connectivity index (χ1v) is 8.41.